The first-order valence-electron chi connectivity index (χ1n) is 3.63. The minimum absolute atomic E-state index is 0.733. The lowest BCUT2D eigenvalue weighted by Gasteiger charge is -1.98. The van der Waals surface area contributed by atoms with Gasteiger partial charge in [-0.2, -0.15) is 5.26 Å². The first kappa shape index (κ1) is 7.74. The van der Waals surface area contributed by atoms with Gasteiger partial charge < -0.3 is 0 Å². The fourth-order valence-electron chi connectivity index (χ4n) is 0.881. The molecule has 1 heterocycles. The topological polar surface area (TPSA) is 36.7 Å². The third kappa shape index (κ3) is 1.56. The zero-order valence-corrected chi connectivity index (χ0v) is 6.76. The number of nitrogens with zero attached hydrogens (tertiary/aromatic N) is 2. The van der Waals surface area contributed by atoms with E-state index in [4.69, 9.17) is 5.26 Å². The van der Waals surface area contributed by atoms with Crippen molar-refractivity contribution >= 4 is 0 Å². The van der Waals surface area contributed by atoms with E-state index in [1.54, 1.807) is 6.20 Å². The summed E-state index contributed by atoms with van der Waals surface area (Å²) in [5.41, 5.74) is 2.66. The van der Waals surface area contributed by atoms with E-state index >= 15 is 0 Å². The van der Waals surface area contributed by atoms with E-state index in [1.165, 1.54) is 0 Å². The smallest absolute Gasteiger partial charge is 0.0995 e. The second-order valence-corrected chi connectivity index (χ2v) is 2.46. The lowest BCUT2D eigenvalue weighted by molar-refractivity contribution is 1.02. The van der Waals surface area contributed by atoms with Gasteiger partial charge in [0.05, 0.1) is 11.6 Å². The number of hydrogen-bond acceptors (Lipinski definition) is 2. The first-order valence-corrected chi connectivity index (χ1v) is 3.63. The van der Waals surface area contributed by atoms with Crippen molar-refractivity contribution in [2.24, 2.45) is 0 Å². The fraction of sp³-hybridized carbons (Fsp3) is 0.333. The monoisotopic (exact) mass is 146 g/mol. The Morgan fingerprint density at radius 2 is 2.36 bits per heavy atom. The van der Waals surface area contributed by atoms with Crippen LogP contribution in [-0.2, 0) is 6.42 Å². The second kappa shape index (κ2) is 3.16. The molecule has 0 radical (unpaired) electrons. The Hall–Kier alpha value is -1.36. The summed E-state index contributed by atoms with van der Waals surface area (Å²) in [4.78, 5) is 4.15. The largest absolute Gasteiger partial charge is 0.261 e. The van der Waals surface area contributed by atoms with E-state index in [-0.39, 0.29) is 0 Å². The third-order valence-corrected chi connectivity index (χ3v) is 1.64. The van der Waals surface area contributed by atoms with Crippen molar-refractivity contribution in [3.8, 4) is 6.07 Å². The summed E-state index contributed by atoms with van der Waals surface area (Å²) in [6.07, 6.45) is 2.63. The maximum absolute atomic E-state index is 8.66. The van der Waals surface area contributed by atoms with Crippen molar-refractivity contribution in [1.29, 1.82) is 5.26 Å². The molecule has 0 unspecified atom stereocenters. The molecule has 0 amide bonds. The Morgan fingerprint density at radius 1 is 1.64 bits per heavy atom. The number of aromatic nitrogens is 1. The SMILES string of the molecule is CCc1cc(C#N)c(C)cn1. The van der Waals surface area contributed by atoms with Crippen LogP contribution in [-0.4, -0.2) is 4.98 Å². The van der Waals surface area contributed by atoms with Crippen LogP contribution in [0.4, 0.5) is 0 Å². The Labute approximate surface area is 66.5 Å². The molecule has 0 N–H and O–H groups in total. The van der Waals surface area contributed by atoms with Crippen LogP contribution >= 0.6 is 0 Å². The molecule has 0 aromatic carbocycles. The van der Waals surface area contributed by atoms with Crippen molar-refractivity contribution in [2.45, 2.75) is 20.3 Å². The molecule has 0 atom stereocenters. The van der Waals surface area contributed by atoms with Crippen LogP contribution in [0.2, 0.25) is 0 Å². The molecule has 2 heteroatoms. The molecule has 2 nitrogen and oxygen atoms in total. The summed E-state index contributed by atoms with van der Waals surface area (Å²) in [7, 11) is 0. The fourth-order valence-corrected chi connectivity index (χ4v) is 0.881. The van der Waals surface area contributed by atoms with Crippen molar-refractivity contribution < 1.29 is 0 Å². The molecule has 1 aromatic rings. The van der Waals surface area contributed by atoms with Gasteiger partial charge in [0.15, 0.2) is 0 Å². The van der Waals surface area contributed by atoms with Gasteiger partial charge in [0, 0.05) is 11.9 Å². The highest BCUT2D eigenvalue weighted by Crippen LogP contribution is 2.06. The van der Waals surface area contributed by atoms with Crippen molar-refractivity contribution in [3.63, 3.8) is 0 Å². The molecule has 0 bridgehead atoms. The quantitative estimate of drug-likeness (QED) is 0.606. The standard InChI is InChI=1S/C9H10N2/c1-3-9-4-8(5-10)7(2)6-11-9/h4,6H,3H2,1-2H3. The molecule has 11 heavy (non-hydrogen) atoms. The number of nitriles is 1. The van der Waals surface area contributed by atoms with E-state index in [1.807, 2.05) is 19.9 Å². The molecule has 0 aliphatic rings. The maximum atomic E-state index is 8.66. The molecule has 0 saturated carbocycles. The predicted molar refractivity (Wildman–Crippen MR) is 43.1 cm³/mol. The summed E-state index contributed by atoms with van der Waals surface area (Å²) >= 11 is 0. The maximum Gasteiger partial charge on any atom is 0.0995 e. The molecule has 0 saturated heterocycles. The summed E-state index contributed by atoms with van der Waals surface area (Å²) in [6, 6.07) is 3.97. The van der Waals surface area contributed by atoms with Gasteiger partial charge in [-0.25, -0.2) is 0 Å². The second-order valence-electron chi connectivity index (χ2n) is 2.46. The predicted octanol–water partition coefficient (Wildman–Crippen LogP) is 1.82. The van der Waals surface area contributed by atoms with E-state index in [9.17, 15) is 0 Å². The van der Waals surface area contributed by atoms with E-state index in [2.05, 4.69) is 11.1 Å². The Morgan fingerprint density at radius 3 is 2.91 bits per heavy atom. The van der Waals surface area contributed by atoms with Crippen molar-refractivity contribution in [1.82, 2.24) is 4.98 Å². The summed E-state index contributed by atoms with van der Waals surface area (Å²) in [5, 5.41) is 8.66. The number of hydrogen-bond donors (Lipinski definition) is 0. The zero-order valence-electron chi connectivity index (χ0n) is 6.76. The normalized spacial score (nSPS) is 9.18. The van der Waals surface area contributed by atoms with Crippen molar-refractivity contribution in [2.75, 3.05) is 0 Å². The third-order valence-electron chi connectivity index (χ3n) is 1.64. The van der Waals surface area contributed by atoms with Crippen LogP contribution in [0.3, 0.4) is 0 Å². The highest BCUT2D eigenvalue weighted by molar-refractivity contribution is 5.36. The van der Waals surface area contributed by atoms with Gasteiger partial charge >= 0.3 is 0 Å². The van der Waals surface area contributed by atoms with E-state index in [0.717, 1.165) is 23.2 Å². The highest BCUT2D eigenvalue weighted by Gasteiger charge is 1.97. The van der Waals surface area contributed by atoms with Crippen LogP contribution in [0.1, 0.15) is 23.7 Å². The number of rotatable bonds is 1. The van der Waals surface area contributed by atoms with Gasteiger partial charge in [0.1, 0.15) is 0 Å². The average Bonchev–Trinajstić information content (AvgIpc) is 2.05. The van der Waals surface area contributed by atoms with Gasteiger partial charge in [-0.3, -0.25) is 4.98 Å². The van der Waals surface area contributed by atoms with E-state index in [0.29, 0.717) is 0 Å². The van der Waals surface area contributed by atoms with Crippen LogP contribution in [0, 0.1) is 18.3 Å². The number of aryl methyl sites for hydroxylation is 2. The van der Waals surface area contributed by atoms with Gasteiger partial charge in [-0.05, 0) is 25.0 Å². The van der Waals surface area contributed by atoms with Crippen LogP contribution in [0.15, 0.2) is 12.3 Å². The lowest BCUT2D eigenvalue weighted by atomic mass is 10.1. The molecule has 1 aromatic heterocycles. The average molecular weight is 146 g/mol. The lowest BCUT2D eigenvalue weighted by Crippen LogP contribution is -1.90. The minimum atomic E-state index is 0.733. The zero-order chi connectivity index (χ0) is 8.27. The molecule has 0 fully saturated rings. The van der Waals surface area contributed by atoms with Gasteiger partial charge in [0.2, 0.25) is 0 Å². The molecular formula is C9H10N2. The minimum Gasteiger partial charge on any atom is -0.261 e. The molecule has 0 spiro atoms. The van der Waals surface area contributed by atoms with Gasteiger partial charge in [0.25, 0.3) is 0 Å². The first-order chi connectivity index (χ1) is 5.27. The van der Waals surface area contributed by atoms with Crippen LogP contribution in [0.25, 0.3) is 0 Å². The molecule has 0 aliphatic heterocycles. The molecular weight excluding hydrogens is 136 g/mol. The van der Waals surface area contributed by atoms with Crippen LogP contribution in [0.5, 0.6) is 0 Å². The summed E-state index contributed by atoms with van der Waals surface area (Å²) in [6.45, 7) is 3.92. The molecule has 56 valence electrons. The van der Waals surface area contributed by atoms with Crippen LogP contribution < -0.4 is 0 Å². The van der Waals surface area contributed by atoms with Crippen molar-refractivity contribution in [3.05, 3.63) is 29.1 Å². The molecule has 1 rings (SSSR count). The van der Waals surface area contributed by atoms with E-state index < -0.39 is 0 Å². The number of pyridine rings is 1. The summed E-state index contributed by atoms with van der Waals surface area (Å²) < 4.78 is 0. The van der Waals surface area contributed by atoms with Gasteiger partial charge in [-0.1, -0.05) is 6.92 Å². The van der Waals surface area contributed by atoms with Gasteiger partial charge in [-0.15, -0.1) is 0 Å². The highest BCUT2D eigenvalue weighted by atomic mass is 14.7. The Balaban J connectivity index is 3.15. The Kier molecular flexibility index (Phi) is 2.22. The summed E-state index contributed by atoms with van der Waals surface area (Å²) in [5.74, 6) is 0. The molecule has 0 aliphatic carbocycles. The Bertz CT molecular complexity index is 297.